The van der Waals surface area contributed by atoms with Crippen molar-refractivity contribution in [3.05, 3.63) is 71.4 Å². The second-order valence-electron chi connectivity index (χ2n) is 6.54. The van der Waals surface area contributed by atoms with E-state index in [2.05, 4.69) is 15.7 Å². The van der Waals surface area contributed by atoms with Crippen molar-refractivity contribution in [3.8, 4) is 5.75 Å². The smallest absolute Gasteiger partial charge is 0.262 e. The van der Waals surface area contributed by atoms with Crippen LogP contribution in [-0.4, -0.2) is 28.2 Å². The summed E-state index contributed by atoms with van der Waals surface area (Å²) in [5.41, 5.74) is 1.84. The number of ether oxygens (including phenoxy) is 1. The molecule has 1 aliphatic heterocycles. The summed E-state index contributed by atoms with van der Waals surface area (Å²) < 4.78 is 33.2. The van der Waals surface area contributed by atoms with Gasteiger partial charge in [0.2, 0.25) is 5.91 Å². The van der Waals surface area contributed by atoms with E-state index in [-0.39, 0.29) is 31.4 Å². The number of halogens is 2. The van der Waals surface area contributed by atoms with E-state index in [1.807, 2.05) is 0 Å². The summed E-state index contributed by atoms with van der Waals surface area (Å²) in [5.74, 6) is -1.46. The number of anilines is 2. The van der Waals surface area contributed by atoms with Crippen molar-refractivity contribution in [3.63, 3.8) is 0 Å². The summed E-state index contributed by atoms with van der Waals surface area (Å²) in [6.45, 7) is 0.180. The number of nitrogens with one attached hydrogen (secondary N) is 2. The first-order chi connectivity index (χ1) is 14.0. The molecule has 0 atom stereocenters. The Balaban J connectivity index is 1.37. The van der Waals surface area contributed by atoms with Crippen LogP contribution in [0.25, 0.3) is 0 Å². The summed E-state index contributed by atoms with van der Waals surface area (Å²) in [5, 5.41) is 9.59. The van der Waals surface area contributed by atoms with E-state index in [9.17, 15) is 18.4 Å². The molecule has 1 aliphatic rings. The molecular weight excluding hydrogens is 382 g/mol. The largest absolute Gasteiger partial charge is 0.482 e. The number of nitrogens with zero attached hydrogens (tertiary/aromatic N) is 2. The Labute approximate surface area is 164 Å². The maximum atomic E-state index is 13.3. The first-order valence-corrected chi connectivity index (χ1v) is 8.79. The van der Waals surface area contributed by atoms with Crippen LogP contribution in [-0.2, 0) is 22.6 Å². The standard InChI is InChI=1S/C20H16F2N4O3/c21-14-3-1-13(7-15(14)22)10-26-6-5-18(25-26)24-19(27)9-12-2-4-16-17(8-12)29-11-20(28)23-16/h1-8H,9-11H2,(H,23,28)(H,24,25,27). The van der Waals surface area contributed by atoms with Crippen LogP contribution in [0.2, 0.25) is 0 Å². The quantitative estimate of drug-likeness (QED) is 0.692. The van der Waals surface area contributed by atoms with Crippen LogP contribution in [0.15, 0.2) is 48.7 Å². The van der Waals surface area contributed by atoms with E-state index >= 15 is 0 Å². The van der Waals surface area contributed by atoms with Gasteiger partial charge in [-0.2, -0.15) is 5.10 Å². The Hall–Kier alpha value is -3.75. The third-order valence-electron chi connectivity index (χ3n) is 4.28. The molecule has 2 N–H and O–H groups in total. The Morgan fingerprint density at radius 3 is 2.79 bits per heavy atom. The predicted octanol–water partition coefficient (Wildman–Crippen LogP) is 2.72. The monoisotopic (exact) mass is 398 g/mol. The molecule has 9 heteroatoms. The lowest BCUT2D eigenvalue weighted by Gasteiger charge is -2.18. The van der Waals surface area contributed by atoms with Crippen molar-refractivity contribution in [1.82, 2.24) is 9.78 Å². The summed E-state index contributed by atoms with van der Waals surface area (Å²) in [7, 11) is 0. The normalized spacial score (nSPS) is 12.7. The molecule has 4 rings (SSSR count). The maximum absolute atomic E-state index is 13.3. The zero-order valence-corrected chi connectivity index (χ0v) is 15.1. The Bertz CT molecular complexity index is 1100. The van der Waals surface area contributed by atoms with E-state index in [1.165, 1.54) is 10.7 Å². The molecule has 2 amide bonds. The average Bonchev–Trinajstić information content (AvgIpc) is 3.11. The number of benzene rings is 2. The highest BCUT2D eigenvalue weighted by atomic mass is 19.2. The molecule has 29 heavy (non-hydrogen) atoms. The molecule has 1 aromatic heterocycles. The van der Waals surface area contributed by atoms with Crippen LogP contribution in [0.1, 0.15) is 11.1 Å². The first-order valence-electron chi connectivity index (χ1n) is 8.79. The molecule has 7 nitrogen and oxygen atoms in total. The second-order valence-corrected chi connectivity index (χ2v) is 6.54. The number of aromatic nitrogens is 2. The summed E-state index contributed by atoms with van der Waals surface area (Å²) in [6.07, 6.45) is 1.73. The van der Waals surface area contributed by atoms with Gasteiger partial charge >= 0.3 is 0 Å². The molecule has 148 valence electrons. The Kier molecular flexibility index (Phi) is 4.94. The van der Waals surface area contributed by atoms with Crippen LogP contribution in [0.3, 0.4) is 0 Å². The molecule has 0 saturated carbocycles. The van der Waals surface area contributed by atoms with E-state index in [4.69, 9.17) is 4.74 Å². The fourth-order valence-corrected chi connectivity index (χ4v) is 2.94. The minimum absolute atomic E-state index is 0.0575. The van der Waals surface area contributed by atoms with Crippen LogP contribution >= 0.6 is 0 Å². The number of carbonyl (C=O) groups is 2. The van der Waals surface area contributed by atoms with Gasteiger partial charge in [0.15, 0.2) is 24.1 Å². The molecule has 0 fully saturated rings. The van der Waals surface area contributed by atoms with Gasteiger partial charge in [-0.1, -0.05) is 12.1 Å². The summed E-state index contributed by atoms with van der Waals surface area (Å²) >= 11 is 0. The van der Waals surface area contributed by atoms with Crippen molar-refractivity contribution < 1.29 is 23.1 Å². The zero-order chi connectivity index (χ0) is 20.4. The minimum Gasteiger partial charge on any atom is -0.482 e. The predicted molar refractivity (Wildman–Crippen MR) is 101 cm³/mol. The maximum Gasteiger partial charge on any atom is 0.262 e. The Morgan fingerprint density at radius 2 is 1.97 bits per heavy atom. The lowest BCUT2D eigenvalue weighted by Crippen LogP contribution is -2.25. The van der Waals surface area contributed by atoms with Crippen LogP contribution < -0.4 is 15.4 Å². The zero-order valence-electron chi connectivity index (χ0n) is 15.1. The molecule has 2 aromatic carbocycles. The third kappa shape index (κ3) is 4.40. The number of fused-ring (bicyclic) bond motifs is 1. The SMILES string of the molecule is O=C(Cc1ccc2c(c1)OCC(=O)N2)Nc1ccn(Cc2ccc(F)c(F)c2)n1. The van der Waals surface area contributed by atoms with Crippen molar-refractivity contribution in [2.45, 2.75) is 13.0 Å². The van der Waals surface area contributed by atoms with Crippen molar-refractivity contribution >= 4 is 23.3 Å². The van der Waals surface area contributed by atoms with Gasteiger partial charge in [0.05, 0.1) is 18.7 Å². The fraction of sp³-hybridized carbons (Fsp3) is 0.150. The first kappa shape index (κ1) is 18.6. The van der Waals surface area contributed by atoms with Gasteiger partial charge in [0, 0.05) is 12.3 Å². The van der Waals surface area contributed by atoms with Gasteiger partial charge in [0.1, 0.15) is 5.75 Å². The molecule has 0 unspecified atom stereocenters. The van der Waals surface area contributed by atoms with Crippen LogP contribution in [0.4, 0.5) is 20.3 Å². The van der Waals surface area contributed by atoms with Gasteiger partial charge in [-0.15, -0.1) is 0 Å². The molecular formula is C20H16F2N4O3. The molecule has 0 aliphatic carbocycles. The highest BCUT2D eigenvalue weighted by molar-refractivity contribution is 5.96. The lowest BCUT2D eigenvalue weighted by atomic mass is 10.1. The van der Waals surface area contributed by atoms with E-state index < -0.39 is 11.6 Å². The minimum atomic E-state index is -0.920. The van der Waals surface area contributed by atoms with Crippen LogP contribution in [0, 0.1) is 11.6 Å². The number of rotatable bonds is 5. The third-order valence-corrected chi connectivity index (χ3v) is 4.28. The van der Waals surface area contributed by atoms with E-state index in [1.54, 1.807) is 30.5 Å². The number of hydrogen-bond acceptors (Lipinski definition) is 4. The molecule has 0 spiro atoms. The highest BCUT2D eigenvalue weighted by Crippen LogP contribution is 2.28. The molecule has 0 saturated heterocycles. The van der Waals surface area contributed by atoms with Crippen molar-refractivity contribution in [1.29, 1.82) is 0 Å². The second kappa shape index (κ2) is 7.70. The average molecular weight is 398 g/mol. The van der Waals surface area contributed by atoms with Gasteiger partial charge in [-0.25, -0.2) is 8.78 Å². The fourth-order valence-electron chi connectivity index (χ4n) is 2.94. The summed E-state index contributed by atoms with van der Waals surface area (Å²) in [6, 6.07) is 10.4. The van der Waals surface area contributed by atoms with E-state index in [0.29, 0.717) is 22.8 Å². The van der Waals surface area contributed by atoms with Crippen molar-refractivity contribution in [2.24, 2.45) is 0 Å². The van der Waals surface area contributed by atoms with E-state index in [0.717, 1.165) is 17.7 Å². The van der Waals surface area contributed by atoms with Crippen LogP contribution in [0.5, 0.6) is 5.75 Å². The molecule has 0 bridgehead atoms. The topological polar surface area (TPSA) is 85.3 Å². The number of carbonyl (C=O) groups excluding carboxylic acids is 2. The lowest BCUT2D eigenvalue weighted by molar-refractivity contribution is -0.118. The van der Waals surface area contributed by atoms with Crippen molar-refractivity contribution in [2.75, 3.05) is 17.2 Å². The molecule has 3 aromatic rings. The van der Waals surface area contributed by atoms with Gasteiger partial charge in [-0.3, -0.25) is 14.3 Å². The summed E-state index contributed by atoms with van der Waals surface area (Å²) in [4.78, 5) is 23.6. The molecule has 2 heterocycles. The highest BCUT2D eigenvalue weighted by Gasteiger charge is 2.17. The van der Waals surface area contributed by atoms with Gasteiger partial charge < -0.3 is 15.4 Å². The number of hydrogen-bond donors (Lipinski definition) is 2. The molecule has 0 radical (unpaired) electrons. The van der Waals surface area contributed by atoms with Gasteiger partial charge in [-0.05, 0) is 35.4 Å². The Morgan fingerprint density at radius 1 is 1.14 bits per heavy atom. The number of amides is 2. The van der Waals surface area contributed by atoms with Gasteiger partial charge in [0.25, 0.3) is 5.91 Å².